The first-order chi connectivity index (χ1) is 17.4. The molecule has 1 amide bonds. The highest BCUT2D eigenvalue weighted by atomic mass is 32.2. The van der Waals surface area contributed by atoms with Crippen LogP contribution in [0.4, 0.5) is 5.95 Å². The number of sulfonamides is 1. The van der Waals surface area contributed by atoms with E-state index in [1.165, 1.54) is 25.0 Å². The van der Waals surface area contributed by atoms with Crippen molar-refractivity contribution in [3.05, 3.63) is 36.6 Å². The Balaban J connectivity index is 1.67. The summed E-state index contributed by atoms with van der Waals surface area (Å²) >= 11 is 0. The fraction of sp³-hybridized carbons (Fsp3) is 0.435. The molecule has 1 aliphatic rings. The minimum Gasteiger partial charge on any atom is -0.494 e. The molecule has 0 saturated carbocycles. The van der Waals surface area contributed by atoms with Crippen LogP contribution >= 0.6 is 0 Å². The largest absolute Gasteiger partial charge is 0.494 e. The van der Waals surface area contributed by atoms with E-state index in [0.29, 0.717) is 36.0 Å². The smallest absolute Gasteiger partial charge is 0.243 e. The number of likely N-dealkylation sites (tertiary alicyclic amines) is 1. The maximum absolute atomic E-state index is 13.2. The number of nitrogens with one attached hydrogen (secondary N) is 1. The molecule has 12 nitrogen and oxygen atoms in total. The number of nitrogens with zero attached hydrogens (tertiary/aromatic N) is 4. The number of amides is 1. The van der Waals surface area contributed by atoms with E-state index in [9.17, 15) is 13.2 Å². The summed E-state index contributed by atoms with van der Waals surface area (Å²) in [5.41, 5.74) is 0.392. The quantitative estimate of drug-likeness (QED) is 0.404. The van der Waals surface area contributed by atoms with Crippen LogP contribution in [0.1, 0.15) is 19.3 Å². The number of hydrogen-bond donors (Lipinski definition) is 1. The van der Waals surface area contributed by atoms with Gasteiger partial charge in [-0.3, -0.25) is 14.1 Å². The summed E-state index contributed by atoms with van der Waals surface area (Å²) in [6.45, 7) is 0.382. The van der Waals surface area contributed by atoms with Gasteiger partial charge in [0.25, 0.3) is 0 Å². The number of benzene rings is 1. The van der Waals surface area contributed by atoms with Gasteiger partial charge in [0.15, 0.2) is 5.76 Å². The van der Waals surface area contributed by atoms with Crippen LogP contribution in [0.5, 0.6) is 11.5 Å². The molecule has 194 valence electrons. The Morgan fingerprint density at radius 1 is 1.11 bits per heavy atom. The topological polar surface area (TPSA) is 138 Å². The van der Waals surface area contributed by atoms with Crippen molar-refractivity contribution in [2.75, 3.05) is 45.0 Å². The van der Waals surface area contributed by atoms with Crippen LogP contribution in [0.15, 0.2) is 41.0 Å². The van der Waals surface area contributed by atoms with Crippen LogP contribution in [0.3, 0.4) is 0 Å². The number of anilines is 1. The first-order valence-electron chi connectivity index (χ1n) is 11.4. The number of furan rings is 1. The van der Waals surface area contributed by atoms with Gasteiger partial charge in [0.2, 0.25) is 27.7 Å². The van der Waals surface area contributed by atoms with E-state index >= 15 is 0 Å². The van der Waals surface area contributed by atoms with Crippen LogP contribution < -0.4 is 14.2 Å². The molecule has 1 fully saturated rings. The molecule has 0 spiro atoms. The van der Waals surface area contributed by atoms with E-state index < -0.39 is 10.0 Å². The Labute approximate surface area is 209 Å². The average Bonchev–Trinajstić information content (AvgIpc) is 3.53. The Hall–Kier alpha value is -3.58. The number of piperidine rings is 1. The molecule has 2 aromatic heterocycles. The van der Waals surface area contributed by atoms with Gasteiger partial charge >= 0.3 is 0 Å². The second-order valence-electron chi connectivity index (χ2n) is 8.18. The maximum atomic E-state index is 13.2. The Kier molecular flexibility index (Phi) is 7.79. The molecule has 0 unspecified atom stereocenters. The van der Waals surface area contributed by atoms with Gasteiger partial charge in [-0.05, 0) is 37.1 Å². The lowest BCUT2D eigenvalue weighted by Crippen LogP contribution is -2.48. The lowest BCUT2D eigenvalue weighted by atomic mass is 10.0. The Bertz CT molecular complexity index is 1270. The second-order valence-corrected chi connectivity index (χ2v) is 10.0. The molecule has 0 bridgehead atoms. The van der Waals surface area contributed by atoms with Gasteiger partial charge in [0.1, 0.15) is 17.2 Å². The molecule has 1 atom stereocenters. The molecule has 1 aliphatic heterocycles. The minimum atomic E-state index is -3.94. The van der Waals surface area contributed by atoms with Crippen molar-refractivity contribution in [3.8, 4) is 28.8 Å². The lowest BCUT2D eigenvalue weighted by molar-refractivity contribution is -0.137. The molecule has 0 radical (unpaired) electrons. The predicted octanol–water partition coefficient (Wildman–Crippen LogP) is 2.31. The molecule has 1 saturated heterocycles. The van der Waals surface area contributed by atoms with Gasteiger partial charge in [-0.25, -0.2) is 8.42 Å². The summed E-state index contributed by atoms with van der Waals surface area (Å²) in [7, 11) is 0.602. The van der Waals surface area contributed by atoms with Crippen molar-refractivity contribution in [1.29, 1.82) is 0 Å². The summed E-state index contributed by atoms with van der Waals surface area (Å²) in [4.78, 5) is 14.0. The van der Waals surface area contributed by atoms with Gasteiger partial charge in [-0.2, -0.15) is 0 Å². The molecular formula is C23H29N5O7S. The van der Waals surface area contributed by atoms with E-state index in [-0.39, 0.29) is 36.0 Å². The highest BCUT2D eigenvalue weighted by molar-refractivity contribution is 7.92. The molecule has 0 aliphatic carbocycles. The highest BCUT2D eigenvalue weighted by Gasteiger charge is 2.30. The number of aromatic nitrogens is 3. The van der Waals surface area contributed by atoms with Gasteiger partial charge in [-0.1, -0.05) is 6.07 Å². The van der Waals surface area contributed by atoms with Gasteiger partial charge < -0.3 is 23.5 Å². The standard InChI is InChI=1S/C23H29N5O7S/c1-32-15-16-7-4-11-20(29)27(16)12-14-36(30,31)26-23-25-24-22(19-10-6-13-35-19)28(23)21-17(33-2)8-5-9-18(21)34-3/h5-6,8-10,13,16H,4,7,11-12,14-15H2,1-3H3,(H,25,26)/t16-/m0/s1. The zero-order chi connectivity index (χ0) is 25.7. The minimum absolute atomic E-state index is 0.0271. The molecule has 36 heavy (non-hydrogen) atoms. The fourth-order valence-electron chi connectivity index (χ4n) is 4.25. The summed E-state index contributed by atoms with van der Waals surface area (Å²) in [5.74, 6) is 0.926. The molecule has 3 heterocycles. The van der Waals surface area contributed by atoms with Crippen LogP contribution in [-0.2, 0) is 19.6 Å². The second kappa shape index (κ2) is 11.0. The van der Waals surface area contributed by atoms with Gasteiger partial charge in [0, 0.05) is 20.1 Å². The van der Waals surface area contributed by atoms with Crippen molar-refractivity contribution in [1.82, 2.24) is 19.7 Å². The van der Waals surface area contributed by atoms with Crippen LogP contribution in [-0.4, -0.2) is 80.3 Å². The molecule has 1 aromatic carbocycles. The molecule has 1 N–H and O–H groups in total. The number of ether oxygens (including phenoxy) is 3. The zero-order valence-electron chi connectivity index (χ0n) is 20.3. The number of carbonyl (C=O) groups excluding carboxylic acids is 1. The third kappa shape index (κ3) is 5.31. The number of rotatable bonds is 11. The first kappa shape index (κ1) is 25.5. The number of methoxy groups -OCH3 is 3. The van der Waals surface area contributed by atoms with E-state index in [2.05, 4.69) is 14.9 Å². The maximum Gasteiger partial charge on any atom is 0.243 e. The van der Waals surface area contributed by atoms with Crippen LogP contribution in [0, 0.1) is 0 Å². The van der Waals surface area contributed by atoms with Crippen molar-refractivity contribution in [2.24, 2.45) is 0 Å². The van der Waals surface area contributed by atoms with E-state index in [4.69, 9.17) is 18.6 Å². The van der Waals surface area contributed by atoms with Gasteiger partial charge in [0.05, 0.1) is 38.9 Å². The number of para-hydroxylation sites is 1. The Morgan fingerprint density at radius 2 is 1.86 bits per heavy atom. The van der Waals surface area contributed by atoms with Crippen molar-refractivity contribution >= 4 is 21.9 Å². The summed E-state index contributed by atoms with van der Waals surface area (Å²) in [5, 5.41) is 8.26. The average molecular weight is 520 g/mol. The zero-order valence-corrected chi connectivity index (χ0v) is 21.2. The van der Waals surface area contributed by atoms with Crippen molar-refractivity contribution in [2.45, 2.75) is 25.3 Å². The third-order valence-electron chi connectivity index (χ3n) is 5.93. The van der Waals surface area contributed by atoms with Crippen molar-refractivity contribution < 1.29 is 31.8 Å². The van der Waals surface area contributed by atoms with E-state index in [1.807, 2.05) is 0 Å². The monoisotopic (exact) mass is 519 g/mol. The van der Waals surface area contributed by atoms with Crippen LogP contribution in [0.2, 0.25) is 0 Å². The SMILES string of the molecule is COC[C@@H]1CCCC(=O)N1CCS(=O)(=O)Nc1nnc(-c2ccco2)n1-c1c(OC)cccc1OC. The molecule has 3 aromatic rings. The molecular weight excluding hydrogens is 490 g/mol. The summed E-state index contributed by atoms with van der Waals surface area (Å²) in [6.07, 6.45) is 3.39. The molecule has 13 heteroatoms. The van der Waals surface area contributed by atoms with Crippen molar-refractivity contribution in [3.63, 3.8) is 0 Å². The fourth-order valence-corrected chi connectivity index (χ4v) is 5.20. The highest BCUT2D eigenvalue weighted by Crippen LogP contribution is 2.37. The predicted molar refractivity (Wildman–Crippen MR) is 131 cm³/mol. The summed E-state index contributed by atoms with van der Waals surface area (Å²) in [6, 6.07) is 8.37. The first-order valence-corrected chi connectivity index (χ1v) is 13.0. The number of carbonyl (C=O) groups is 1. The van der Waals surface area contributed by atoms with E-state index in [1.54, 1.807) is 42.3 Å². The van der Waals surface area contributed by atoms with Crippen LogP contribution in [0.25, 0.3) is 17.3 Å². The number of hydrogen-bond acceptors (Lipinski definition) is 9. The normalized spacial score (nSPS) is 16.2. The summed E-state index contributed by atoms with van der Waals surface area (Å²) < 4.78 is 52.1. The van der Waals surface area contributed by atoms with Gasteiger partial charge in [-0.15, -0.1) is 10.2 Å². The Morgan fingerprint density at radius 3 is 2.50 bits per heavy atom. The molecule has 4 rings (SSSR count). The lowest BCUT2D eigenvalue weighted by Gasteiger charge is -2.35. The van der Waals surface area contributed by atoms with E-state index in [0.717, 1.165) is 12.8 Å². The third-order valence-corrected chi connectivity index (χ3v) is 7.14.